The van der Waals surface area contributed by atoms with Crippen molar-refractivity contribution in [3.8, 4) is 0 Å². The molecule has 0 amide bonds. The van der Waals surface area contributed by atoms with Gasteiger partial charge in [0.15, 0.2) is 0 Å². The molecular formula is C15H32ClN. The van der Waals surface area contributed by atoms with E-state index in [1.165, 1.54) is 51.4 Å². The Bertz CT molecular complexity index is 157. The van der Waals surface area contributed by atoms with Gasteiger partial charge in [0.1, 0.15) is 0 Å². The minimum atomic E-state index is 0.287. The predicted molar refractivity (Wildman–Crippen MR) is 80.0 cm³/mol. The minimum Gasteiger partial charge on any atom is -0.312 e. The van der Waals surface area contributed by atoms with Gasteiger partial charge in [-0.05, 0) is 33.2 Å². The molecule has 0 spiro atoms. The number of nitrogens with one attached hydrogen (secondary N) is 1. The van der Waals surface area contributed by atoms with Crippen LogP contribution in [0.15, 0.2) is 0 Å². The van der Waals surface area contributed by atoms with E-state index in [1.54, 1.807) is 0 Å². The van der Waals surface area contributed by atoms with E-state index in [4.69, 9.17) is 11.6 Å². The number of rotatable bonds is 12. The zero-order valence-corrected chi connectivity index (χ0v) is 12.9. The molecule has 0 aromatic rings. The Kier molecular flexibility index (Phi) is 11.5. The molecule has 0 saturated carbocycles. The van der Waals surface area contributed by atoms with Crippen molar-refractivity contribution >= 4 is 11.6 Å². The zero-order valence-electron chi connectivity index (χ0n) is 12.2. The lowest BCUT2D eigenvalue weighted by Crippen LogP contribution is -2.39. The minimum absolute atomic E-state index is 0.287. The van der Waals surface area contributed by atoms with Gasteiger partial charge in [-0.25, -0.2) is 0 Å². The average Bonchev–Trinajstić information content (AvgIpc) is 2.28. The van der Waals surface area contributed by atoms with Crippen molar-refractivity contribution in [2.24, 2.45) is 0 Å². The SMILES string of the molecule is CCCCCCCCCC(C)(C)NCCCCl. The van der Waals surface area contributed by atoms with Gasteiger partial charge in [0, 0.05) is 11.4 Å². The molecule has 0 radical (unpaired) electrons. The summed E-state index contributed by atoms with van der Waals surface area (Å²) < 4.78 is 0. The van der Waals surface area contributed by atoms with Crippen molar-refractivity contribution < 1.29 is 0 Å². The lowest BCUT2D eigenvalue weighted by atomic mass is 9.96. The first-order valence-electron chi connectivity index (χ1n) is 7.43. The second-order valence-electron chi connectivity index (χ2n) is 5.72. The molecule has 0 aromatic heterocycles. The van der Waals surface area contributed by atoms with Crippen molar-refractivity contribution in [3.63, 3.8) is 0 Å². The second kappa shape index (κ2) is 11.3. The third-order valence-electron chi connectivity index (χ3n) is 3.32. The Balaban J connectivity index is 3.32. The summed E-state index contributed by atoms with van der Waals surface area (Å²) >= 11 is 5.68. The molecule has 0 bridgehead atoms. The molecule has 0 aliphatic carbocycles. The van der Waals surface area contributed by atoms with Gasteiger partial charge in [0.25, 0.3) is 0 Å². The van der Waals surface area contributed by atoms with Gasteiger partial charge in [0.2, 0.25) is 0 Å². The van der Waals surface area contributed by atoms with Crippen molar-refractivity contribution in [1.29, 1.82) is 0 Å². The lowest BCUT2D eigenvalue weighted by molar-refractivity contribution is 0.348. The Morgan fingerprint density at radius 1 is 0.882 bits per heavy atom. The standard InChI is InChI=1S/C15H32ClN/c1-4-5-6-7-8-9-10-12-15(2,3)17-14-11-13-16/h17H,4-14H2,1-3H3. The van der Waals surface area contributed by atoms with E-state index in [-0.39, 0.29) is 5.54 Å². The monoisotopic (exact) mass is 261 g/mol. The van der Waals surface area contributed by atoms with Crippen molar-refractivity contribution in [2.45, 2.75) is 84.1 Å². The van der Waals surface area contributed by atoms with Crippen molar-refractivity contribution in [1.82, 2.24) is 5.32 Å². The largest absolute Gasteiger partial charge is 0.312 e. The summed E-state index contributed by atoms with van der Waals surface area (Å²) in [6, 6.07) is 0. The maximum Gasteiger partial charge on any atom is 0.0235 e. The fourth-order valence-electron chi connectivity index (χ4n) is 2.11. The number of halogens is 1. The Morgan fingerprint density at radius 3 is 2.06 bits per heavy atom. The first-order chi connectivity index (χ1) is 8.12. The van der Waals surface area contributed by atoms with Crippen molar-refractivity contribution in [2.75, 3.05) is 12.4 Å². The molecule has 2 heteroatoms. The van der Waals surface area contributed by atoms with Crippen LogP contribution in [0.1, 0.15) is 78.6 Å². The van der Waals surface area contributed by atoms with E-state index in [2.05, 4.69) is 26.1 Å². The lowest BCUT2D eigenvalue weighted by Gasteiger charge is -2.26. The van der Waals surface area contributed by atoms with E-state index < -0.39 is 0 Å². The number of hydrogen-bond acceptors (Lipinski definition) is 1. The van der Waals surface area contributed by atoms with Crippen LogP contribution in [0.5, 0.6) is 0 Å². The molecule has 0 rings (SSSR count). The fraction of sp³-hybridized carbons (Fsp3) is 1.00. The van der Waals surface area contributed by atoms with Gasteiger partial charge in [-0.1, -0.05) is 51.9 Å². The normalized spacial score (nSPS) is 12.0. The molecule has 0 saturated heterocycles. The molecule has 1 N–H and O–H groups in total. The molecule has 104 valence electrons. The van der Waals surface area contributed by atoms with Crippen LogP contribution >= 0.6 is 11.6 Å². The summed E-state index contributed by atoms with van der Waals surface area (Å²) in [6.07, 6.45) is 12.1. The smallest absolute Gasteiger partial charge is 0.0235 e. The highest BCUT2D eigenvalue weighted by atomic mass is 35.5. The fourth-order valence-corrected chi connectivity index (χ4v) is 2.24. The second-order valence-corrected chi connectivity index (χ2v) is 6.10. The van der Waals surface area contributed by atoms with E-state index in [0.717, 1.165) is 18.8 Å². The highest BCUT2D eigenvalue weighted by Crippen LogP contribution is 2.15. The van der Waals surface area contributed by atoms with E-state index >= 15 is 0 Å². The van der Waals surface area contributed by atoms with Crippen LogP contribution in [0.2, 0.25) is 0 Å². The maximum atomic E-state index is 5.68. The number of hydrogen-bond donors (Lipinski definition) is 1. The van der Waals surface area contributed by atoms with E-state index in [0.29, 0.717) is 0 Å². The molecule has 0 aliphatic heterocycles. The van der Waals surface area contributed by atoms with E-state index in [9.17, 15) is 0 Å². The maximum absolute atomic E-state index is 5.68. The molecule has 0 aromatic carbocycles. The first kappa shape index (κ1) is 17.2. The Labute approximate surface area is 114 Å². The molecule has 0 fully saturated rings. The Morgan fingerprint density at radius 2 is 1.47 bits per heavy atom. The van der Waals surface area contributed by atoms with Gasteiger partial charge in [-0.2, -0.15) is 0 Å². The summed E-state index contributed by atoms with van der Waals surface area (Å²) in [6.45, 7) is 7.93. The highest BCUT2D eigenvalue weighted by molar-refractivity contribution is 6.17. The van der Waals surface area contributed by atoms with Crippen LogP contribution in [0.25, 0.3) is 0 Å². The van der Waals surface area contributed by atoms with E-state index in [1.807, 2.05) is 0 Å². The van der Waals surface area contributed by atoms with Gasteiger partial charge in [0.05, 0.1) is 0 Å². The van der Waals surface area contributed by atoms with Crippen LogP contribution in [0, 0.1) is 0 Å². The summed E-state index contributed by atoms with van der Waals surface area (Å²) in [5.41, 5.74) is 0.287. The van der Waals surface area contributed by atoms with Gasteiger partial charge in [-0.3, -0.25) is 0 Å². The number of alkyl halides is 1. The topological polar surface area (TPSA) is 12.0 Å². The van der Waals surface area contributed by atoms with Crippen LogP contribution in [-0.4, -0.2) is 18.0 Å². The third kappa shape index (κ3) is 12.5. The van der Waals surface area contributed by atoms with Crippen LogP contribution < -0.4 is 5.32 Å². The van der Waals surface area contributed by atoms with Gasteiger partial charge in [-0.15, -0.1) is 11.6 Å². The molecule has 17 heavy (non-hydrogen) atoms. The summed E-state index contributed by atoms with van der Waals surface area (Å²) in [5.74, 6) is 0.764. The zero-order chi connectivity index (χ0) is 13.0. The average molecular weight is 262 g/mol. The molecule has 1 nitrogen and oxygen atoms in total. The quantitative estimate of drug-likeness (QED) is 0.380. The number of unbranched alkanes of at least 4 members (excludes halogenated alkanes) is 6. The molecule has 0 atom stereocenters. The van der Waals surface area contributed by atoms with Crippen molar-refractivity contribution in [3.05, 3.63) is 0 Å². The summed E-state index contributed by atoms with van der Waals surface area (Å²) in [7, 11) is 0. The molecule has 0 unspecified atom stereocenters. The predicted octanol–water partition coefficient (Wildman–Crippen LogP) is 5.12. The summed E-state index contributed by atoms with van der Waals surface area (Å²) in [5, 5.41) is 3.59. The highest BCUT2D eigenvalue weighted by Gasteiger charge is 2.15. The Hall–Kier alpha value is 0.250. The molecule has 0 heterocycles. The first-order valence-corrected chi connectivity index (χ1v) is 7.97. The third-order valence-corrected chi connectivity index (χ3v) is 3.59. The van der Waals surface area contributed by atoms with Gasteiger partial charge >= 0.3 is 0 Å². The van der Waals surface area contributed by atoms with Crippen LogP contribution in [-0.2, 0) is 0 Å². The van der Waals surface area contributed by atoms with Crippen LogP contribution in [0.4, 0.5) is 0 Å². The van der Waals surface area contributed by atoms with Crippen LogP contribution in [0.3, 0.4) is 0 Å². The molecule has 0 aliphatic rings. The molecular weight excluding hydrogens is 230 g/mol. The van der Waals surface area contributed by atoms with Gasteiger partial charge < -0.3 is 5.32 Å². The summed E-state index contributed by atoms with van der Waals surface area (Å²) in [4.78, 5) is 0.